The third kappa shape index (κ3) is 4.55. The number of nitrogens with one attached hydrogen (secondary N) is 1. The van der Waals surface area contributed by atoms with Gasteiger partial charge in [-0.3, -0.25) is 0 Å². The Hall–Kier alpha value is -1.90. The van der Waals surface area contributed by atoms with Crippen LogP contribution < -0.4 is 5.32 Å². The van der Waals surface area contributed by atoms with Crippen LogP contribution in [0, 0.1) is 6.92 Å². The molecule has 3 nitrogen and oxygen atoms in total. The first-order valence-corrected chi connectivity index (χ1v) is 7.82. The Morgan fingerprint density at radius 1 is 1.19 bits per heavy atom. The molecule has 0 saturated carbocycles. The van der Waals surface area contributed by atoms with Gasteiger partial charge in [-0.25, -0.2) is 9.97 Å². The summed E-state index contributed by atoms with van der Waals surface area (Å²) in [4.78, 5) is 8.93. The number of aromatic nitrogens is 2. The van der Waals surface area contributed by atoms with Gasteiger partial charge in [0, 0.05) is 18.3 Å². The number of benzene rings is 1. The van der Waals surface area contributed by atoms with Crippen LogP contribution in [0.4, 0.5) is 5.82 Å². The van der Waals surface area contributed by atoms with Crippen LogP contribution in [0.3, 0.4) is 0 Å². The van der Waals surface area contributed by atoms with Crippen LogP contribution in [-0.2, 0) is 6.42 Å². The topological polar surface area (TPSA) is 37.8 Å². The maximum Gasteiger partial charge on any atom is 0.132 e. The average molecular weight is 283 g/mol. The zero-order chi connectivity index (χ0) is 15.1. The first kappa shape index (κ1) is 15.5. The van der Waals surface area contributed by atoms with E-state index in [4.69, 9.17) is 0 Å². The molecular weight excluding hydrogens is 258 g/mol. The molecule has 1 unspecified atom stereocenters. The lowest BCUT2D eigenvalue weighted by Crippen LogP contribution is -2.10. The molecule has 0 aliphatic carbocycles. The summed E-state index contributed by atoms with van der Waals surface area (Å²) in [5, 5.41) is 3.46. The van der Waals surface area contributed by atoms with Crippen molar-refractivity contribution >= 4 is 5.82 Å². The van der Waals surface area contributed by atoms with Gasteiger partial charge in [-0.1, -0.05) is 50.6 Å². The minimum Gasteiger partial charge on any atom is -0.370 e. The molecule has 0 fully saturated rings. The van der Waals surface area contributed by atoms with Crippen molar-refractivity contribution < 1.29 is 0 Å². The standard InChI is InChI=1S/C18H25N3/c1-4-5-11-19-18-17(13-20-15(3)21-18)12-14(2)16-9-7-6-8-10-16/h6-10,13-14H,4-5,11-12H2,1-3H3,(H,19,20,21). The Bertz CT molecular complexity index is 552. The molecule has 112 valence electrons. The summed E-state index contributed by atoms with van der Waals surface area (Å²) < 4.78 is 0. The molecule has 0 aliphatic heterocycles. The van der Waals surface area contributed by atoms with Crippen molar-refractivity contribution in [1.82, 2.24) is 9.97 Å². The first-order valence-electron chi connectivity index (χ1n) is 7.82. The Labute approximate surface area is 127 Å². The van der Waals surface area contributed by atoms with E-state index in [1.165, 1.54) is 17.5 Å². The molecule has 0 spiro atoms. The lowest BCUT2D eigenvalue weighted by molar-refractivity contribution is 0.748. The predicted octanol–water partition coefficient (Wildman–Crippen LogP) is 4.34. The van der Waals surface area contributed by atoms with Crippen LogP contribution >= 0.6 is 0 Å². The van der Waals surface area contributed by atoms with Crippen LogP contribution in [0.5, 0.6) is 0 Å². The Morgan fingerprint density at radius 3 is 2.67 bits per heavy atom. The lowest BCUT2D eigenvalue weighted by atomic mass is 9.94. The molecule has 0 bridgehead atoms. The monoisotopic (exact) mass is 283 g/mol. The molecule has 1 N–H and O–H groups in total. The molecule has 1 heterocycles. The van der Waals surface area contributed by atoms with Gasteiger partial charge in [0.1, 0.15) is 11.6 Å². The van der Waals surface area contributed by atoms with Crippen LogP contribution in [0.25, 0.3) is 0 Å². The van der Waals surface area contributed by atoms with Gasteiger partial charge in [0.05, 0.1) is 0 Å². The summed E-state index contributed by atoms with van der Waals surface area (Å²) in [7, 11) is 0. The third-order valence-corrected chi connectivity index (χ3v) is 3.70. The Kier molecular flexibility index (Phi) is 5.73. The SMILES string of the molecule is CCCCNc1nc(C)ncc1CC(C)c1ccccc1. The molecule has 0 aliphatic rings. The first-order chi connectivity index (χ1) is 10.2. The van der Waals surface area contributed by atoms with E-state index in [2.05, 4.69) is 59.5 Å². The second kappa shape index (κ2) is 7.77. The van der Waals surface area contributed by atoms with Gasteiger partial charge in [0.15, 0.2) is 0 Å². The highest BCUT2D eigenvalue weighted by Gasteiger charge is 2.11. The van der Waals surface area contributed by atoms with Crippen LogP contribution in [-0.4, -0.2) is 16.5 Å². The molecule has 0 radical (unpaired) electrons. The van der Waals surface area contributed by atoms with Gasteiger partial charge in [0.25, 0.3) is 0 Å². The maximum atomic E-state index is 4.57. The van der Waals surface area contributed by atoms with Crippen molar-refractivity contribution in [3.8, 4) is 0 Å². The highest BCUT2D eigenvalue weighted by molar-refractivity contribution is 5.44. The van der Waals surface area contributed by atoms with E-state index in [9.17, 15) is 0 Å². The van der Waals surface area contributed by atoms with Crippen molar-refractivity contribution in [2.24, 2.45) is 0 Å². The largest absolute Gasteiger partial charge is 0.370 e. The Morgan fingerprint density at radius 2 is 1.95 bits per heavy atom. The number of anilines is 1. The highest BCUT2D eigenvalue weighted by Crippen LogP contribution is 2.23. The summed E-state index contributed by atoms with van der Waals surface area (Å²) in [5.41, 5.74) is 2.56. The van der Waals surface area contributed by atoms with Crippen LogP contribution in [0.15, 0.2) is 36.5 Å². The van der Waals surface area contributed by atoms with Crippen LogP contribution in [0.1, 0.15) is 49.6 Å². The van der Waals surface area contributed by atoms with E-state index in [0.29, 0.717) is 5.92 Å². The number of hydrogen-bond donors (Lipinski definition) is 1. The quantitative estimate of drug-likeness (QED) is 0.768. The summed E-state index contributed by atoms with van der Waals surface area (Å²) in [6.07, 6.45) is 5.28. The number of hydrogen-bond acceptors (Lipinski definition) is 3. The van der Waals surface area contributed by atoms with Crippen molar-refractivity contribution in [2.75, 3.05) is 11.9 Å². The highest BCUT2D eigenvalue weighted by atomic mass is 15.0. The second-order valence-corrected chi connectivity index (χ2v) is 5.59. The zero-order valence-electron chi connectivity index (χ0n) is 13.3. The van der Waals surface area contributed by atoms with Crippen LogP contribution in [0.2, 0.25) is 0 Å². The number of unbranched alkanes of at least 4 members (excludes halogenated alkanes) is 1. The zero-order valence-corrected chi connectivity index (χ0v) is 13.3. The van der Waals surface area contributed by atoms with Gasteiger partial charge in [-0.2, -0.15) is 0 Å². The van der Waals surface area contributed by atoms with E-state index in [1.807, 2.05) is 13.1 Å². The molecular formula is C18H25N3. The molecule has 1 aromatic carbocycles. The van der Waals surface area contributed by atoms with Crippen molar-refractivity contribution in [1.29, 1.82) is 0 Å². The number of rotatable bonds is 7. The summed E-state index contributed by atoms with van der Waals surface area (Å²) in [5.74, 6) is 2.29. The minimum atomic E-state index is 0.462. The van der Waals surface area contributed by atoms with E-state index in [-0.39, 0.29) is 0 Å². The summed E-state index contributed by atoms with van der Waals surface area (Å²) >= 11 is 0. The molecule has 21 heavy (non-hydrogen) atoms. The van der Waals surface area contributed by atoms with Gasteiger partial charge in [-0.15, -0.1) is 0 Å². The number of aryl methyl sites for hydroxylation is 1. The normalized spacial score (nSPS) is 12.1. The minimum absolute atomic E-state index is 0.462. The predicted molar refractivity (Wildman–Crippen MR) is 88.7 cm³/mol. The fraction of sp³-hybridized carbons (Fsp3) is 0.444. The van der Waals surface area contributed by atoms with Gasteiger partial charge >= 0.3 is 0 Å². The van der Waals surface area contributed by atoms with E-state index in [0.717, 1.165) is 31.0 Å². The molecule has 2 aromatic rings. The lowest BCUT2D eigenvalue weighted by Gasteiger charge is -2.15. The molecule has 1 atom stereocenters. The maximum absolute atomic E-state index is 4.57. The number of nitrogens with zero attached hydrogens (tertiary/aromatic N) is 2. The average Bonchev–Trinajstić information content (AvgIpc) is 2.51. The fourth-order valence-corrected chi connectivity index (χ4v) is 2.41. The van der Waals surface area contributed by atoms with Gasteiger partial charge in [0.2, 0.25) is 0 Å². The Balaban J connectivity index is 2.11. The summed E-state index contributed by atoms with van der Waals surface area (Å²) in [6, 6.07) is 10.6. The van der Waals surface area contributed by atoms with E-state index < -0.39 is 0 Å². The molecule has 0 saturated heterocycles. The second-order valence-electron chi connectivity index (χ2n) is 5.59. The smallest absolute Gasteiger partial charge is 0.132 e. The molecule has 0 amide bonds. The van der Waals surface area contributed by atoms with E-state index in [1.54, 1.807) is 0 Å². The van der Waals surface area contributed by atoms with Crippen molar-refractivity contribution in [3.05, 3.63) is 53.5 Å². The van der Waals surface area contributed by atoms with Crippen molar-refractivity contribution in [2.45, 2.75) is 46.0 Å². The molecule has 2 rings (SSSR count). The van der Waals surface area contributed by atoms with E-state index >= 15 is 0 Å². The van der Waals surface area contributed by atoms with Gasteiger partial charge < -0.3 is 5.32 Å². The summed E-state index contributed by atoms with van der Waals surface area (Å²) in [6.45, 7) is 7.37. The third-order valence-electron chi connectivity index (χ3n) is 3.70. The fourth-order valence-electron chi connectivity index (χ4n) is 2.41. The molecule has 3 heteroatoms. The van der Waals surface area contributed by atoms with Gasteiger partial charge in [-0.05, 0) is 31.2 Å². The van der Waals surface area contributed by atoms with Crippen molar-refractivity contribution in [3.63, 3.8) is 0 Å². The molecule has 1 aromatic heterocycles.